The quantitative estimate of drug-likeness (QED) is 0.600. The van der Waals surface area contributed by atoms with E-state index in [-0.39, 0.29) is 11.1 Å². The zero-order chi connectivity index (χ0) is 15.9. The molecule has 1 aromatic heterocycles. The van der Waals surface area contributed by atoms with Crippen LogP contribution < -0.4 is 0 Å². The van der Waals surface area contributed by atoms with Crippen molar-refractivity contribution in [2.75, 3.05) is 0 Å². The summed E-state index contributed by atoms with van der Waals surface area (Å²) in [5, 5.41) is 23.3. The number of aromatic nitrogens is 2. The molecule has 0 aromatic carbocycles. The second kappa shape index (κ2) is 4.07. The van der Waals surface area contributed by atoms with Gasteiger partial charge in [0.25, 0.3) is 0 Å². The smallest absolute Gasteiger partial charge is 0.361 e. The van der Waals surface area contributed by atoms with Crippen molar-refractivity contribution in [1.29, 1.82) is 0 Å². The van der Waals surface area contributed by atoms with E-state index in [0.29, 0.717) is 0 Å². The molecule has 0 radical (unpaired) electrons. The third-order valence-corrected chi connectivity index (χ3v) is 1.59. The summed E-state index contributed by atoms with van der Waals surface area (Å²) in [4.78, 5) is 20.9. The maximum Gasteiger partial charge on any atom is 0.361 e. The zero-order valence-electron chi connectivity index (χ0n) is 12.7. The van der Waals surface area contributed by atoms with E-state index >= 15 is 0 Å². The van der Waals surface area contributed by atoms with E-state index < -0.39 is 41.3 Å². The highest BCUT2D eigenvalue weighted by molar-refractivity contribution is 5.90. The van der Waals surface area contributed by atoms with Crippen molar-refractivity contribution in [3.05, 3.63) is 21.5 Å². The van der Waals surface area contributed by atoms with Gasteiger partial charge in [-0.15, -0.1) is 0 Å². The Bertz CT molecular complexity index is 565. The molecule has 1 N–H and O–H groups in total. The Morgan fingerprint density at radius 2 is 2.53 bits per heavy atom. The van der Waals surface area contributed by atoms with Crippen molar-refractivity contribution < 1.29 is 21.7 Å². The van der Waals surface area contributed by atoms with Crippen LogP contribution in [0, 0.1) is 10.1 Å². The zero-order valence-corrected chi connectivity index (χ0v) is 7.72. The number of carbonyl (C=O) groups is 1. The molecule has 0 aliphatic heterocycles. The summed E-state index contributed by atoms with van der Waals surface area (Å²) in [7, 11) is 0. The molecule has 15 heavy (non-hydrogen) atoms. The van der Waals surface area contributed by atoms with E-state index in [1.165, 1.54) is 6.92 Å². The van der Waals surface area contributed by atoms with Gasteiger partial charge in [0.1, 0.15) is 5.69 Å². The highest BCUT2D eigenvalue weighted by atomic mass is 16.6. The molecule has 1 aromatic rings. The Labute approximate surface area is 92.5 Å². The van der Waals surface area contributed by atoms with Crippen molar-refractivity contribution in [2.45, 2.75) is 19.7 Å². The minimum absolute atomic E-state index is 0.00368. The summed E-state index contributed by atoms with van der Waals surface area (Å²) >= 11 is 0. The lowest BCUT2D eigenvalue weighted by Gasteiger charge is -1.93. The van der Waals surface area contributed by atoms with Crippen LogP contribution in [0.5, 0.6) is 0 Å². The van der Waals surface area contributed by atoms with Gasteiger partial charge < -0.3 is 5.11 Å². The molecule has 82 valence electrons. The van der Waals surface area contributed by atoms with Gasteiger partial charge in [-0.25, -0.2) is 4.79 Å². The third-order valence-electron chi connectivity index (χ3n) is 1.59. The van der Waals surface area contributed by atoms with Gasteiger partial charge in [-0.2, -0.15) is 5.10 Å². The largest absolute Gasteiger partial charge is 0.476 e. The lowest BCUT2D eigenvalue weighted by molar-refractivity contribution is -0.386. The summed E-state index contributed by atoms with van der Waals surface area (Å²) in [6.07, 6.45) is -2.55. The first-order chi connectivity index (χ1) is 8.93. The number of rotatable bonds is 4. The predicted octanol–water partition coefficient (Wildman–Crippen LogP) is 0.979. The van der Waals surface area contributed by atoms with Crippen molar-refractivity contribution in [1.82, 2.24) is 9.78 Å². The van der Waals surface area contributed by atoms with E-state index in [2.05, 4.69) is 5.10 Å². The first-order valence-corrected chi connectivity index (χ1v) is 3.95. The minimum atomic E-state index is -3.07. The second-order valence-corrected chi connectivity index (χ2v) is 2.55. The molecule has 0 amide bonds. The average molecular weight is 218 g/mol. The average Bonchev–Trinajstić information content (AvgIpc) is 2.69. The van der Waals surface area contributed by atoms with Gasteiger partial charge in [-0.1, -0.05) is 13.3 Å². The van der Waals surface area contributed by atoms with Crippen LogP contribution in [-0.4, -0.2) is 25.8 Å². The molecular weight excluding hydrogens is 202 g/mol. The van der Waals surface area contributed by atoms with Crippen LogP contribution in [0.3, 0.4) is 0 Å². The Hall–Kier alpha value is -1.92. The highest BCUT2D eigenvalue weighted by Crippen LogP contribution is 2.23. The maximum absolute atomic E-state index is 11.1. The Balaban J connectivity index is 3.80. The topological polar surface area (TPSA) is 98.3 Å². The molecule has 1 heterocycles. The molecule has 0 bridgehead atoms. The van der Waals surface area contributed by atoms with E-state index in [0.717, 1.165) is 0 Å². The van der Waals surface area contributed by atoms with Gasteiger partial charge in [0, 0.05) is 13.8 Å². The van der Waals surface area contributed by atoms with E-state index in [1.807, 2.05) is 0 Å². The molecule has 0 spiro atoms. The first-order valence-electron chi connectivity index (χ1n) is 6.45. The standard InChI is InChI=1S/C8H11N3O4/c1-3-4-5-6(11(14)15)7(8(12)13)10(2)9-5/h3-4H2,1-2H3,(H,12,13)/i2D3,4D2. The summed E-state index contributed by atoms with van der Waals surface area (Å²) in [6, 6.07) is 0. The molecule has 0 aliphatic rings. The fourth-order valence-electron chi connectivity index (χ4n) is 1.06. The van der Waals surface area contributed by atoms with E-state index in [4.69, 9.17) is 12.0 Å². The van der Waals surface area contributed by atoms with Crippen LogP contribution in [0.25, 0.3) is 0 Å². The monoisotopic (exact) mass is 218 g/mol. The van der Waals surface area contributed by atoms with Crippen molar-refractivity contribution in [3.8, 4) is 0 Å². The minimum Gasteiger partial charge on any atom is -0.476 e. The molecule has 1 rings (SSSR count). The molecule has 0 unspecified atom stereocenters. The predicted molar refractivity (Wildman–Crippen MR) is 50.8 cm³/mol. The van der Waals surface area contributed by atoms with E-state index in [1.54, 1.807) is 0 Å². The molecule has 0 fully saturated rings. The van der Waals surface area contributed by atoms with Crippen molar-refractivity contribution >= 4 is 11.7 Å². The van der Waals surface area contributed by atoms with Crippen LogP contribution >= 0.6 is 0 Å². The van der Waals surface area contributed by atoms with Gasteiger partial charge in [-0.05, 0) is 6.37 Å². The first kappa shape index (κ1) is 5.84. The Kier molecular flexibility index (Phi) is 1.59. The number of hydrogen-bond donors (Lipinski definition) is 1. The molecule has 0 saturated carbocycles. The summed E-state index contributed by atoms with van der Waals surface area (Å²) in [6.45, 7) is -1.70. The van der Waals surface area contributed by atoms with Gasteiger partial charge in [0.15, 0.2) is 0 Å². The molecule has 7 heteroatoms. The van der Waals surface area contributed by atoms with Crippen molar-refractivity contribution in [3.63, 3.8) is 0 Å². The van der Waals surface area contributed by atoms with Crippen LogP contribution in [0.15, 0.2) is 0 Å². The van der Waals surface area contributed by atoms with Crippen LogP contribution in [-0.2, 0) is 13.3 Å². The maximum atomic E-state index is 11.1. The molecule has 0 saturated heterocycles. The van der Waals surface area contributed by atoms with E-state index in [9.17, 15) is 14.9 Å². The van der Waals surface area contributed by atoms with Gasteiger partial charge in [0.2, 0.25) is 5.69 Å². The fourth-order valence-corrected chi connectivity index (χ4v) is 1.06. The second-order valence-electron chi connectivity index (χ2n) is 2.55. The van der Waals surface area contributed by atoms with Crippen LogP contribution in [0.1, 0.15) is 36.4 Å². The summed E-state index contributed by atoms with van der Waals surface area (Å²) in [5.74, 6) is -1.86. The fraction of sp³-hybridized carbons (Fsp3) is 0.500. The number of hydrogen-bond acceptors (Lipinski definition) is 4. The number of aromatic carboxylic acids is 1. The molecule has 7 nitrogen and oxygen atoms in total. The lowest BCUT2D eigenvalue weighted by atomic mass is 10.2. The van der Waals surface area contributed by atoms with Crippen LogP contribution in [0.2, 0.25) is 0 Å². The normalized spacial score (nSPS) is 17.0. The highest BCUT2D eigenvalue weighted by Gasteiger charge is 2.30. The number of nitrogens with zero attached hydrogens (tertiary/aromatic N) is 3. The van der Waals surface area contributed by atoms with Gasteiger partial charge in [-0.3, -0.25) is 14.8 Å². The summed E-state index contributed by atoms with van der Waals surface area (Å²) in [5.41, 5.74) is -3.11. The number of nitro groups is 1. The van der Waals surface area contributed by atoms with Gasteiger partial charge in [0.05, 0.1) is 4.92 Å². The molecule has 0 atom stereocenters. The summed E-state index contributed by atoms with van der Waals surface area (Å²) < 4.78 is 36.7. The molecule has 0 aliphatic carbocycles. The number of aryl methyl sites for hydroxylation is 2. The number of carboxylic acid groups (broad SMARTS) is 1. The SMILES string of the molecule is [2H]C([2H])(CC)c1nn(C([2H])([2H])[2H])c(C(=O)O)c1[N+](=O)[O-]. The lowest BCUT2D eigenvalue weighted by Crippen LogP contribution is -2.07. The van der Waals surface area contributed by atoms with Crippen molar-refractivity contribution in [2.24, 2.45) is 6.98 Å². The Morgan fingerprint density at radius 1 is 1.87 bits per heavy atom. The Morgan fingerprint density at radius 3 is 2.93 bits per heavy atom. The number of carboxylic acids is 1. The van der Waals surface area contributed by atoms with Crippen LogP contribution in [0.4, 0.5) is 5.69 Å². The molecular formula is C8H11N3O4. The third kappa shape index (κ3) is 1.95. The van der Waals surface area contributed by atoms with Gasteiger partial charge >= 0.3 is 11.7 Å².